The van der Waals surface area contributed by atoms with Gasteiger partial charge >= 0.3 is 0 Å². The molecule has 1 aromatic rings. The third-order valence-corrected chi connectivity index (χ3v) is 4.56. The number of rotatable bonds is 2. The Morgan fingerprint density at radius 3 is 2.64 bits per heavy atom. The second kappa shape index (κ2) is 6.30. The number of likely N-dealkylation sites (tertiary alicyclic amines) is 1. The maximum Gasteiger partial charge on any atom is 0.258 e. The van der Waals surface area contributed by atoms with Crippen molar-refractivity contribution in [2.75, 3.05) is 0 Å². The fourth-order valence-electron chi connectivity index (χ4n) is 2.55. The summed E-state index contributed by atoms with van der Waals surface area (Å²) in [5.41, 5.74) is 0.171. The molecule has 1 fully saturated rings. The van der Waals surface area contributed by atoms with Gasteiger partial charge in [0.2, 0.25) is 5.91 Å². The Morgan fingerprint density at radius 1 is 1.45 bits per heavy atom. The molecule has 0 saturated carbocycles. The molecule has 1 aliphatic rings. The summed E-state index contributed by atoms with van der Waals surface area (Å²) < 4.78 is 0.867. The van der Waals surface area contributed by atoms with E-state index in [9.17, 15) is 14.7 Å². The number of aliphatic hydroxyl groups is 1. The van der Waals surface area contributed by atoms with Gasteiger partial charge in [-0.05, 0) is 24.1 Å². The van der Waals surface area contributed by atoms with Crippen molar-refractivity contribution in [2.45, 2.75) is 45.8 Å². The number of aliphatic hydroxyl groups excluding tert-OH is 1. The van der Waals surface area contributed by atoms with Gasteiger partial charge in [-0.3, -0.25) is 14.5 Å². The molecule has 0 spiro atoms. The van der Waals surface area contributed by atoms with Crippen LogP contribution in [0.3, 0.4) is 0 Å². The Labute approximate surface area is 143 Å². The summed E-state index contributed by atoms with van der Waals surface area (Å²) in [5.74, 6) is -0.787. The summed E-state index contributed by atoms with van der Waals surface area (Å²) >= 11 is 9.56. The lowest BCUT2D eigenvalue weighted by atomic mass is 9.93. The average molecular weight is 389 g/mol. The van der Waals surface area contributed by atoms with Crippen LogP contribution in [-0.2, 0) is 16.0 Å². The first kappa shape index (κ1) is 17.4. The van der Waals surface area contributed by atoms with E-state index in [0.29, 0.717) is 11.4 Å². The summed E-state index contributed by atoms with van der Waals surface area (Å²) in [6, 6.07) is 5.14. The van der Waals surface area contributed by atoms with Crippen molar-refractivity contribution in [1.82, 2.24) is 4.90 Å². The molecule has 0 bridgehead atoms. The van der Waals surface area contributed by atoms with Crippen molar-refractivity contribution in [3.05, 3.63) is 33.3 Å². The Kier molecular flexibility index (Phi) is 5.00. The standard InChI is InChI=1S/C16H19BrClNO3/c1-16(2,3)15(22)19-11(8-13(20)14(19)21)6-9-4-5-10(17)7-12(9)18/h4-5,7,11,13,20H,6,8H2,1-3H3/t11?,13-/m1/s1. The number of hydrogen-bond donors (Lipinski definition) is 1. The first-order chi connectivity index (χ1) is 10.1. The summed E-state index contributed by atoms with van der Waals surface area (Å²) in [6.07, 6.45) is -0.436. The molecule has 6 heteroatoms. The van der Waals surface area contributed by atoms with Crippen molar-refractivity contribution in [1.29, 1.82) is 0 Å². The fourth-order valence-corrected chi connectivity index (χ4v) is 3.30. The Morgan fingerprint density at radius 2 is 2.09 bits per heavy atom. The SMILES string of the molecule is CC(C)(C)C(=O)N1C(=O)[C@H](O)CC1Cc1ccc(Br)cc1Cl. The quantitative estimate of drug-likeness (QED) is 0.846. The second-order valence-corrected chi connectivity index (χ2v) is 7.93. The Bertz CT molecular complexity index is 612. The lowest BCUT2D eigenvalue weighted by molar-refractivity contribution is -0.151. The molecular formula is C16H19BrClNO3. The van der Waals surface area contributed by atoms with Gasteiger partial charge in [-0.1, -0.05) is 54.4 Å². The normalized spacial score (nSPS) is 22.3. The smallest absolute Gasteiger partial charge is 0.258 e. The summed E-state index contributed by atoms with van der Waals surface area (Å²) in [4.78, 5) is 25.9. The minimum Gasteiger partial charge on any atom is -0.383 e. The van der Waals surface area contributed by atoms with Crippen LogP contribution in [-0.4, -0.2) is 34.0 Å². The van der Waals surface area contributed by atoms with Crippen molar-refractivity contribution in [3.63, 3.8) is 0 Å². The highest BCUT2D eigenvalue weighted by atomic mass is 79.9. The van der Waals surface area contributed by atoms with Gasteiger partial charge < -0.3 is 5.11 Å². The maximum absolute atomic E-state index is 12.5. The van der Waals surface area contributed by atoms with Gasteiger partial charge in [0, 0.05) is 27.4 Å². The first-order valence-corrected chi connectivity index (χ1v) is 8.28. The van der Waals surface area contributed by atoms with Crippen LogP contribution in [0, 0.1) is 5.41 Å². The Hall–Kier alpha value is -0.910. The molecular weight excluding hydrogens is 370 g/mol. The summed E-state index contributed by atoms with van der Waals surface area (Å²) in [6.45, 7) is 5.28. The molecule has 4 nitrogen and oxygen atoms in total. The summed E-state index contributed by atoms with van der Waals surface area (Å²) in [7, 11) is 0. The topological polar surface area (TPSA) is 57.6 Å². The predicted molar refractivity (Wildman–Crippen MR) is 88.6 cm³/mol. The molecule has 1 saturated heterocycles. The van der Waals surface area contributed by atoms with E-state index in [-0.39, 0.29) is 18.4 Å². The maximum atomic E-state index is 12.5. The van der Waals surface area contributed by atoms with Gasteiger partial charge in [-0.15, -0.1) is 0 Å². The minimum atomic E-state index is -1.12. The number of imide groups is 1. The zero-order chi connectivity index (χ0) is 16.7. The highest BCUT2D eigenvalue weighted by Gasteiger charge is 2.45. The largest absolute Gasteiger partial charge is 0.383 e. The van der Waals surface area contributed by atoms with E-state index in [1.165, 1.54) is 4.90 Å². The first-order valence-electron chi connectivity index (χ1n) is 7.10. The van der Waals surface area contributed by atoms with E-state index in [1.807, 2.05) is 12.1 Å². The average Bonchev–Trinajstić information content (AvgIpc) is 2.66. The number of carbonyl (C=O) groups is 2. The van der Waals surface area contributed by atoms with E-state index in [4.69, 9.17) is 11.6 Å². The number of benzene rings is 1. The number of amides is 2. The molecule has 2 rings (SSSR count). The van der Waals surface area contributed by atoms with Gasteiger partial charge in [0.05, 0.1) is 0 Å². The molecule has 2 amide bonds. The predicted octanol–water partition coefficient (Wildman–Crippen LogP) is 3.18. The molecule has 0 aliphatic carbocycles. The highest BCUT2D eigenvalue weighted by molar-refractivity contribution is 9.10. The number of nitrogens with zero attached hydrogens (tertiary/aromatic N) is 1. The molecule has 120 valence electrons. The van der Waals surface area contributed by atoms with Crippen LogP contribution < -0.4 is 0 Å². The van der Waals surface area contributed by atoms with E-state index in [2.05, 4.69) is 15.9 Å². The van der Waals surface area contributed by atoms with Gasteiger partial charge in [0.25, 0.3) is 5.91 Å². The molecule has 1 unspecified atom stereocenters. The van der Waals surface area contributed by atoms with Crippen LogP contribution in [0.4, 0.5) is 0 Å². The summed E-state index contributed by atoms with van der Waals surface area (Å²) in [5, 5.41) is 10.4. The zero-order valence-electron chi connectivity index (χ0n) is 12.8. The van der Waals surface area contributed by atoms with Crippen LogP contribution >= 0.6 is 27.5 Å². The van der Waals surface area contributed by atoms with E-state index >= 15 is 0 Å². The third-order valence-electron chi connectivity index (χ3n) is 3.71. The van der Waals surface area contributed by atoms with Crippen LogP contribution in [0.5, 0.6) is 0 Å². The van der Waals surface area contributed by atoms with Gasteiger partial charge in [0.1, 0.15) is 6.10 Å². The van der Waals surface area contributed by atoms with Crippen LogP contribution in [0.15, 0.2) is 22.7 Å². The van der Waals surface area contributed by atoms with Crippen LogP contribution in [0.2, 0.25) is 5.02 Å². The van der Waals surface area contributed by atoms with E-state index in [0.717, 1.165) is 10.0 Å². The zero-order valence-corrected chi connectivity index (χ0v) is 15.1. The molecule has 0 radical (unpaired) electrons. The molecule has 1 aliphatic heterocycles. The highest BCUT2D eigenvalue weighted by Crippen LogP contribution is 2.31. The monoisotopic (exact) mass is 387 g/mol. The van der Waals surface area contributed by atoms with Crippen LogP contribution in [0.1, 0.15) is 32.8 Å². The number of carbonyl (C=O) groups excluding carboxylic acids is 2. The minimum absolute atomic E-state index is 0.243. The molecule has 1 N–H and O–H groups in total. The molecule has 0 aromatic heterocycles. The molecule has 1 heterocycles. The lowest BCUT2D eigenvalue weighted by Gasteiger charge is -2.29. The van der Waals surface area contributed by atoms with Crippen molar-refractivity contribution in [2.24, 2.45) is 5.41 Å². The van der Waals surface area contributed by atoms with Gasteiger partial charge in [0.15, 0.2) is 0 Å². The van der Waals surface area contributed by atoms with E-state index in [1.54, 1.807) is 26.8 Å². The van der Waals surface area contributed by atoms with Crippen molar-refractivity contribution >= 4 is 39.3 Å². The van der Waals surface area contributed by atoms with Crippen molar-refractivity contribution < 1.29 is 14.7 Å². The fraction of sp³-hybridized carbons (Fsp3) is 0.500. The van der Waals surface area contributed by atoms with Gasteiger partial charge in [-0.2, -0.15) is 0 Å². The number of hydrogen-bond acceptors (Lipinski definition) is 3. The number of halogens is 2. The van der Waals surface area contributed by atoms with Crippen molar-refractivity contribution in [3.8, 4) is 0 Å². The van der Waals surface area contributed by atoms with Crippen LogP contribution in [0.25, 0.3) is 0 Å². The van der Waals surface area contributed by atoms with E-state index < -0.39 is 17.4 Å². The molecule has 22 heavy (non-hydrogen) atoms. The molecule has 2 atom stereocenters. The Balaban J connectivity index is 2.28. The molecule has 1 aromatic carbocycles. The van der Waals surface area contributed by atoms with Gasteiger partial charge in [-0.25, -0.2) is 0 Å². The third kappa shape index (κ3) is 3.53. The second-order valence-electron chi connectivity index (χ2n) is 6.61. The lowest BCUT2D eigenvalue weighted by Crippen LogP contribution is -2.46.